The first-order valence-electron chi connectivity index (χ1n) is 6.15. The van der Waals surface area contributed by atoms with Crippen LogP contribution >= 0.6 is 0 Å². The first kappa shape index (κ1) is 11.1. The summed E-state index contributed by atoms with van der Waals surface area (Å²) in [4.78, 5) is 0. The Balaban J connectivity index is 2.30. The molecule has 0 spiro atoms. The molecule has 0 aromatic carbocycles. The van der Waals surface area contributed by atoms with E-state index in [0.29, 0.717) is 0 Å². The summed E-state index contributed by atoms with van der Waals surface area (Å²) in [5, 5.41) is 0. The molecular formula is C13H26. The molecule has 1 atom stereocenters. The van der Waals surface area contributed by atoms with Crippen LogP contribution in [0.2, 0.25) is 0 Å². The van der Waals surface area contributed by atoms with Crippen molar-refractivity contribution in [2.24, 2.45) is 23.7 Å². The fourth-order valence-electron chi connectivity index (χ4n) is 2.71. The minimum absolute atomic E-state index is 0.915. The molecule has 1 rings (SSSR count). The minimum Gasteiger partial charge on any atom is -0.0651 e. The Labute approximate surface area is 84.1 Å². The zero-order valence-corrected chi connectivity index (χ0v) is 9.84. The summed E-state index contributed by atoms with van der Waals surface area (Å²) < 4.78 is 0. The summed E-state index contributed by atoms with van der Waals surface area (Å²) in [6, 6.07) is 0. The van der Waals surface area contributed by atoms with Crippen molar-refractivity contribution in [1.82, 2.24) is 0 Å². The van der Waals surface area contributed by atoms with Crippen molar-refractivity contribution in [2.45, 2.75) is 59.8 Å². The third kappa shape index (κ3) is 3.00. The van der Waals surface area contributed by atoms with Crippen LogP contribution in [0, 0.1) is 23.7 Å². The molecule has 1 aliphatic carbocycles. The fraction of sp³-hybridized carbons (Fsp3) is 1.00. The topological polar surface area (TPSA) is 0 Å². The molecule has 13 heavy (non-hydrogen) atoms. The third-order valence-corrected chi connectivity index (χ3v) is 4.21. The molecule has 1 unspecified atom stereocenters. The summed E-state index contributed by atoms with van der Waals surface area (Å²) in [7, 11) is 0. The van der Waals surface area contributed by atoms with E-state index < -0.39 is 0 Å². The molecule has 0 aromatic rings. The lowest BCUT2D eigenvalue weighted by Gasteiger charge is -2.33. The molecule has 0 radical (unpaired) electrons. The Hall–Kier alpha value is 0. The van der Waals surface area contributed by atoms with Crippen LogP contribution in [0.25, 0.3) is 0 Å². The highest BCUT2D eigenvalue weighted by Gasteiger charge is 2.25. The number of hydrogen-bond acceptors (Lipinski definition) is 0. The lowest BCUT2D eigenvalue weighted by molar-refractivity contribution is 0.180. The summed E-state index contributed by atoms with van der Waals surface area (Å²) in [5.41, 5.74) is 0. The van der Waals surface area contributed by atoms with Crippen LogP contribution in [0.4, 0.5) is 0 Å². The van der Waals surface area contributed by atoms with E-state index in [1.54, 1.807) is 0 Å². The third-order valence-electron chi connectivity index (χ3n) is 4.21. The molecule has 1 fully saturated rings. The average Bonchev–Trinajstić information content (AvgIpc) is 2.17. The second kappa shape index (κ2) is 5.02. The highest BCUT2D eigenvalue weighted by atomic mass is 14.3. The van der Waals surface area contributed by atoms with Gasteiger partial charge < -0.3 is 0 Å². The van der Waals surface area contributed by atoms with E-state index in [1.165, 1.54) is 32.1 Å². The zero-order chi connectivity index (χ0) is 9.84. The smallest absolute Gasteiger partial charge is 0.0388 e. The molecule has 0 bridgehead atoms. The van der Waals surface area contributed by atoms with Gasteiger partial charge in [0.2, 0.25) is 0 Å². The van der Waals surface area contributed by atoms with Gasteiger partial charge in [-0.25, -0.2) is 0 Å². The molecule has 1 aliphatic rings. The number of hydrogen-bond donors (Lipinski definition) is 0. The van der Waals surface area contributed by atoms with E-state index in [-0.39, 0.29) is 0 Å². The van der Waals surface area contributed by atoms with Crippen LogP contribution in [0.3, 0.4) is 0 Å². The van der Waals surface area contributed by atoms with E-state index >= 15 is 0 Å². The highest BCUT2D eigenvalue weighted by Crippen LogP contribution is 2.37. The van der Waals surface area contributed by atoms with Crippen molar-refractivity contribution >= 4 is 0 Å². The van der Waals surface area contributed by atoms with Gasteiger partial charge in [-0.15, -0.1) is 0 Å². The normalized spacial score (nSPS) is 32.1. The first-order chi connectivity index (χ1) is 6.15. The van der Waals surface area contributed by atoms with Gasteiger partial charge in [-0.3, -0.25) is 0 Å². The Kier molecular flexibility index (Phi) is 4.28. The van der Waals surface area contributed by atoms with Crippen molar-refractivity contribution in [1.29, 1.82) is 0 Å². The lowest BCUT2D eigenvalue weighted by atomic mass is 9.72. The van der Waals surface area contributed by atoms with E-state index in [4.69, 9.17) is 0 Å². The van der Waals surface area contributed by atoms with Crippen LogP contribution in [0.5, 0.6) is 0 Å². The van der Waals surface area contributed by atoms with Gasteiger partial charge >= 0.3 is 0 Å². The van der Waals surface area contributed by atoms with E-state index in [0.717, 1.165) is 23.7 Å². The van der Waals surface area contributed by atoms with Crippen molar-refractivity contribution in [2.75, 3.05) is 0 Å². The van der Waals surface area contributed by atoms with Gasteiger partial charge in [-0.05, 0) is 49.4 Å². The second-order valence-corrected chi connectivity index (χ2v) is 5.30. The summed E-state index contributed by atoms with van der Waals surface area (Å²) in [6.45, 7) is 9.53. The van der Waals surface area contributed by atoms with E-state index in [2.05, 4.69) is 27.7 Å². The van der Waals surface area contributed by atoms with Crippen molar-refractivity contribution in [3.8, 4) is 0 Å². The van der Waals surface area contributed by atoms with Crippen molar-refractivity contribution < 1.29 is 0 Å². The Bertz CT molecular complexity index is 129. The largest absolute Gasteiger partial charge is 0.0651 e. The minimum atomic E-state index is 0.915. The average molecular weight is 182 g/mol. The quantitative estimate of drug-likeness (QED) is 0.603. The lowest BCUT2D eigenvalue weighted by Crippen LogP contribution is -2.22. The second-order valence-electron chi connectivity index (χ2n) is 5.30. The molecule has 0 aromatic heterocycles. The Morgan fingerprint density at radius 2 is 1.38 bits per heavy atom. The van der Waals surface area contributed by atoms with Gasteiger partial charge in [0.05, 0.1) is 0 Å². The van der Waals surface area contributed by atoms with E-state index in [9.17, 15) is 0 Å². The first-order valence-corrected chi connectivity index (χ1v) is 6.15. The Morgan fingerprint density at radius 1 is 0.923 bits per heavy atom. The molecule has 0 heterocycles. The molecule has 78 valence electrons. The maximum absolute atomic E-state index is 2.43. The standard InChI is InChI=1S/C13H26/c1-5-11(4)13-8-6-12(7-9-13)10(2)3/h10-13H,5-9H2,1-4H3. The van der Waals surface area contributed by atoms with Gasteiger partial charge in [0.25, 0.3) is 0 Å². The Morgan fingerprint density at radius 3 is 1.77 bits per heavy atom. The van der Waals surface area contributed by atoms with Crippen molar-refractivity contribution in [3.05, 3.63) is 0 Å². The molecule has 0 saturated heterocycles. The van der Waals surface area contributed by atoms with Gasteiger partial charge in [-0.1, -0.05) is 34.1 Å². The molecule has 0 N–H and O–H groups in total. The van der Waals surface area contributed by atoms with E-state index in [1.807, 2.05) is 0 Å². The predicted molar refractivity (Wildman–Crippen MR) is 59.7 cm³/mol. The maximum atomic E-state index is 2.43. The van der Waals surface area contributed by atoms with Gasteiger partial charge in [-0.2, -0.15) is 0 Å². The van der Waals surface area contributed by atoms with Crippen LogP contribution in [0.15, 0.2) is 0 Å². The zero-order valence-electron chi connectivity index (χ0n) is 9.84. The summed E-state index contributed by atoms with van der Waals surface area (Å²) in [6.07, 6.45) is 7.35. The fourth-order valence-corrected chi connectivity index (χ4v) is 2.71. The van der Waals surface area contributed by atoms with Crippen LogP contribution < -0.4 is 0 Å². The SMILES string of the molecule is CCC(C)C1CCC(C(C)C)CC1. The monoisotopic (exact) mass is 182 g/mol. The summed E-state index contributed by atoms with van der Waals surface area (Å²) >= 11 is 0. The van der Waals surface area contributed by atoms with Crippen LogP contribution in [-0.4, -0.2) is 0 Å². The molecule has 0 heteroatoms. The molecule has 1 saturated carbocycles. The van der Waals surface area contributed by atoms with Gasteiger partial charge in [0.1, 0.15) is 0 Å². The van der Waals surface area contributed by atoms with Crippen LogP contribution in [-0.2, 0) is 0 Å². The molecule has 0 nitrogen and oxygen atoms in total. The van der Waals surface area contributed by atoms with Crippen LogP contribution in [0.1, 0.15) is 59.8 Å². The maximum Gasteiger partial charge on any atom is -0.0388 e. The number of rotatable bonds is 3. The predicted octanol–water partition coefficient (Wildman–Crippen LogP) is 4.49. The van der Waals surface area contributed by atoms with Gasteiger partial charge in [0, 0.05) is 0 Å². The highest BCUT2D eigenvalue weighted by molar-refractivity contribution is 4.76. The molecule has 0 amide bonds. The van der Waals surface area contributed by atoms with Gasteiger partial charge in [0.15, 0.2) is 0 Å². The molecule has 0 aliphatic heterocycles. The van der Waals surface area contributed by atoms with Crippen molar-refractivity contribution in [3.63, 3.8) is 0 Å². The molecular weight excluding hydrogens is 156 g/mol. The summed E-state index contributed by atoms with van der Waals surface area (Å²) in [5.74, 6) is 3.95.